The average Bonchev–Trinajstić information content (AvgIpc) is 3.39. The number of ether oxygens (including phenoxy) is 3. The van der Waals surface area contributed by atoms with E-state index in [4.69, 9.17) is 14.2 Å². The van der Waals surface area contributed by atoms with Crippen molar-refractivity contribution in [2.45, 2.75) is 44.0 Å². The maximum absolute atomic E-state index is 12.4. The first-order valence-electron chi connectivity index (χ1n) is 9.02. The van der Waals surface area contributed by atoms with Crippen LogP contribution in [0, 0.1) is 16.7 Å². The molecule has 148 valence electrons. The molecule has 0 saturated carbocycles. The topological polar surface area (TPSA) is 149 Å². The molecule has 27 heavy (non-hydrogen) atoms. The smallest absolute Gasteiger partial charge is 0.314 e. The molecule has 6 atom stereocenters. The van der Waals surface area contributed by atoms with Gasteiger partial charge in [0.2, 0.25) is 0 Å². The van der Waals surface area contributed by atoms with Crippen LogP contribution in [-0.2, 0) is 28.6 Å². The summed E-state index contributed by atoms with van der Waals surface area (Å²) in [5, 5.41) is 30.2. The second-order valence-corrected chi connectivity index (χ2v) is 8.04. The molecule has 0 aromatic carbocycles. The molecule has 3 aliphatic heterocycles. The number of rotatable bonds is 9. The molecule has 0 amide bonds. The van der Waals surface area contributed by atoms with Crippen molar-refractivity contribution in [3.63, 3.8) is 0 Å². The fourth-order valence-corrected chi connectivity index (χ4v) is 4.65. The molecule has 9 heteroatoms. The van der Waals surface area contributed by atoms with Gasteiger partial charge in [0.25, 0.3) is 0 Å². The van der Waals surface area contributed by atoms with Crippen LogP contribution in [0.2, 0.25) is 0 Å². The van der Waals surface area contributed by atoms with Crippen LogP contribution < -0.4 is 0 Å². The Kier molecular flexibility index (Phi) is 4.28. The van der Waals surface area contributed by atoms with Gasteiger partial charge < -0.3 is 29.5 Å². The molecule has 3 heterocycles. The Morgan fingerprint density at radius 2 is 1.48 bits per heavy atom. The number of hydrogen-bond donors (Lipinski definition) is 3. The van der Waals surface area contributed by atoms with Gasteiger partial charge in [0, 0.05) is 0 Å². The van der Waals surface area contributed by atoms with E-state index < -0.39 is 34.7 Å². The van der Waals surface area contributed by atoms with Gasteiger partial charge in [-0.25, -0.2) is 0 Å². The van der Waals surface area contributed by atoms with Crippen LogP contribution in [0.15, 0.2) is 11.6 Å². The maximum atomic E-state index is 12.4. The lowest BCUT2D eigenvalue weighted by Crippen LogP contribution is -2.57. The van der Waals surface area contributed by atoms with Crippen molar-refractivity contribution < 1.29 is 43.9 Å². The third kappa shape index (κ3) is 3.35. The van der Waals surface area contributed by atoms with Crippen LogP contribution in [0.5, 0.6) is 0 Å². The molecule has 0 aromatic rings. The summed E-state index contributed by atoms with van der Waals surface area (Å²) in [5.74, 6) is -5.66. The lowest BCUT2D eigenvalue weighted by Gasteiger charge is -2.47. The van der Waals surface area contributed by atoms with E-state index in [9.17, 15) is 29.7 Å². The van der Waals surface area contributed by atoms with E-state index >= 15 is 0 Å². The van der Waals surface area contributed by atoms with Gasteiger partial charge in [-0.2, -0.15) is 0 Å². The molecule has 0 aromatic heterocycles. The van der Waals surface area contributed by atoms with E-state index in [-0.39, 0.29) is 37.6 Å². The van der Waals surface area contributed by atoms with E-state index in [0.29, 0.717) is 31.8 Å². The maximum Gasteiger partial charge on any atom is 0.314 e. The highest BCUT2D eigenvalue weighted by atomic mass is 16.6. The molecule has 0 bridgehead atoms. The predicted molar refractivity (Wildman–Crippen MR) is 87.0 cm³/mol. The minimum atomic E-state index is -1.84. The molecule has 0 radical (unpaired) electrons. The van der Waals surface area contributed by atoms with Gasteiger partial charge in [-0.15, -0.1) is 0 Å². The lowest BCUT2D eigenvalue weighted by molar-refractivity contribution is -0.179. The summed E-state index contributed by atoms with van der Waals surface area (Å²) in [7, 11) is 0. The zero-order chi connectivity index (χ0) is 19.4. The first-order valence-corrected chi connectivity index (χ1v) is 9.02. The van der Waals surface area contributed by atoms with E-state index in [2.05, 4.69) is 0 Å². The Bertz CT molecular complexity index is 704. The summed E-state index contributed by atoms with van der Waals surface area (Å²) in [4.78, 5) is 37.1. The largest absolute Gasteiger partial charge is 0.481 e. The quantitative estimate of drug-likeness (QED) is 0.383. The van der Waals surface area contributed by atoms with Gasteiger partial charge in [0.1, 0.15) is 5.41 Å². The van der Waals surface area contributed by atoms with Crippen LogP contribution in [0.1, 0.15) is 25.7 Å². The SMILES string of the molecule is O=C(O)C1C(CC2CO2)(C(=O)O)C=C(CC2CO2)CC1(CC1CO1)C(=O)O. The average molecular weight is 382 g/mol. The zero-order valence-electron chi connectivity index (χ0n) is 14.6. The van der Waals surface area contributed by atoms with E-state index in [0.717, 1.165) is 0 Å². The van der Waals surface area contributed by atoms with Crippen LogP contribution in [-0.4, -0.2) is 71.4 Å². The Labute approximate surface area is 154 Å². The van der Waals surface area contributed by atoms with Gasteiger partial charge in [-0.05, 0) is 25.7 Å². The van der Waals surface area contributed by atoms with Crippen molar-refractivity contribution in [1.82, 2.24) is 0 Å². The van der Waals surface area contributed by atoms with Crippen molar-refractivity contribution >= 4 is 17.9 Å². The molecular formula is C18H22O9. The van der Waals surface area contributed by atoms with Crippen LogP contribution in [0.25, 0.3) is 0 Å². The Balaban J connectivity index is 1.84. The predicted octanol–water partition coefficient (Wildman–Crippen LogP) is 0.526. The van der Waals surface area contributed by atoms with Crippen molar-refractivity contribution in [2.24, 2.45) is 16.7 Å². The highest BCUT2D eigenvalue weighted by Crippen LogP contribution is 2.57. The second kappa shape index (κ2) is 6.29. The molecule has 6 unspecified atom stereocenters. The van der Waals surface area contributed by atoms with E-state index in [1.165, 1.54) is 6.08 Å². The van der Waals surface area contributed by atoms with Gasteiger partial charge in [0.05, 0.1) is 49.5 Å². The molecule has 9 nitrogen and oxygen atoms in total. The molecule has 3 N–H and O–H groups in total. The lowest BCUT2D eigenvalue weighted by atomic mass is 9.52. The third-order valence-electron chi connectivity index (χ3n) is 6.00. The molecule has 4 aliphatic rings. The fraction of sp³-hybridized carbons (Fsp3) is 0.722. The van der Waals surface area contributed by atoms with Crippen molar-refractivity contribution in [3.05, 3.63) is 11.6 Å². The number of epoxide rings is 3. The number of carbonyl (C=O) groups is 3. The minimum absolute atomic E-state index is 0.0143. The first-order chi connectivity index (χ1) is 12.8. The van der Waals surface area contributed by atoms with Gasteiger partial charge in [-0.3, -0.25) is 14.4 Å². The highest BCUT2D eigenvalue weighted by Gasteiger charge is 2.66. The third-order valence-corrected chi connectivity index (χ3v) is 6.00. The number of carboxylic acids is 3. The summed E-state index contributed by atoms with van der Waals surface area (Å²) >= 11 is 0. The van der Waals surface area contributed by atoms with Crippen molar-refractivity contribution in [1.29, 1.82) is 0 Å². The molecule has 3 fully saturated rings. The number of hydrogen-bond acceptors (Lipinski definition) is 6. The van der Waals surface area contributed by atoms with Gasteiger partial charge in [0.15, 0.2) is 0 Å². The van der Waals surface area contributed by atoms with E-state index in [1.807, 2.05) is 0 Å². The summed E-state index contributed by atoms with van der Waals surface area (Å²) in [6, 6.07) is 0. The minimum Gasteiger partial charge on any atom is -0.481 e. The summed E-state index contributed by atoms with van der Waals surface area (Å²) < 4.78 is 15.6. The molecular weight excluding hydrogens is 360 g/mol. The van der Waals surface area contributed by atoms with Crippen LogP contribution in [0.4, 0.5) is 0 Å². The fourth-order valence-electron chi connectivity index (χ4n) is 4.65. The summed E-state index contributed by atoms with van der Waals surface area (Å²) in [6.45, 7) is 1.25. The molecule has 0 spiro atoms. The number of carboxylic acid groups (broad SMARTS) is 3. The Morgan fingerprint density at radius 1 is 0.926 bits per heavy atom. The zero-order valence-corrected chi connectivity index (χ0v) is 14.6. The molecule has 4 rings (SSSR count). The molecule has 1 aliphatic carbocycles. The first kappa shape index (κ1) is 18.4. The van der Waals surface area contributed by atoms with Crippen LogP contribution >= 0.6 is 0 Å². The summed E-state index contributed by atoms with van der Waals surface area (Å²) in [5.41, 5.74) is -2.97. The summed E-state index contributed by atoms with van der Waals surface area (Å²) in [6.07, 6.45) is 0.990. The number of aliphatic carboxylic acids is 3. The van der Waals surface area contributed by atoms with Gasteiger partial charge in [-0.1, -0.05) is 11.6 Å². The standard InChI is InChI=1S/C18H22O9/c19-14(20)13-17(15(21)22,4-11-7-26-11)2-9(1-10-6-25-10)3-18(13,16(23)24)5-12-8-27-12/h2,10-13H,1,3-8H2,(H,19,20)(H,21,22)(H,23,24). The monoisotopic (exact) mass is 382 g/mol. The normalized spacial score (nSPS) is 42.1. The van der Waals surface area contributed by atoms with Crippen molar-refractivity contribution in [3.8, 4) is 0 Å². The van der Waals surface area contributed by atoms with E-state index in [1.54, 1.807) is 0 Å². The molecule has 3 saturated heterocycles. The Morgan fingerprint density at radius 3 is 1.93 bits per heavy atom. The second-order valence-electron chi connectivity index (χ2n) is 8.04. The van der Waals surface area contributed by atoms with Crippen LogP contribution in [0.3, 0.4) is 0 Å². The van der Waals surface area contributed by atoms with Gasteiger partial charge >= 0.3 is 17.9 Å². The highest BCUT2D eigenvalue weighted by molar-refractivity contribution is 5.92. The Hall–Kier alpha value is -1.97. The van der Waals surface area contributed by atoms with Crippen molar-refractivity contribution in [2.75, 3.05) is 19.8 Å².